The molecule has 6 nitrogen and oxygen atoms in total. The average molecular weight is 261 g/mol. The number of rotatable bonds is 10. The Balaban J connectivity index is 3.74. The van der Waals surface area contributed by atoms with Gasteiger partial charge < -0.3 is 25.7 Å². The smallest absolute Gasteiger partial charge is 0.144 e. The maximum atomic E-state index is 8.65. The normalized spacial score (nSPS) is 14.8. The van der Waals surface area contributed by atoms with Crippen molar-refractivity contribution < 1.29 is 14.7 Å². The number of hydrogen-bond donors (Lipinski definition) is 3. The van der Waals surface area contributed by atoms with E-state index >= 15 is 0 Å². The minimum atomic E-state index is -0.274. The third-order valence-corrected chi connectivity index (χ3v) is 3.01. The van der Waals surface area contributed by atoms with Gasteiger partial charge >= 0.3 is 0 Å². The Morgan fingerprint density at radius 2 is 2.11 bits per heavy atom. The molecule has 4 N–H and O–H groups in total. The highest BCUT2D eigenvalue weighted by molar-refractivity contribution is 5.85. The van der Waals surface area contributed by atoms with Gasteiger partial charge in [-0.15, -0.1) is 0 Å². The molecule has 0 aromatic rings. The lowest BCUT2D eigenvalue weighted by atomic mass is 9.86. The lowest BCUT2D eigenvalue weighted by Gasteiger charge is -2.23. The van der Waals surface area contributed by atoms with Crippen molar-refractivity contribution in [3.05, 3.63) is 0 Å². The summed E-state index contributed by atoms with van der Waals surface area (Å²) in [5, 5.41) is 15.0. The third kappa shape index (κ3) is 6.78. The first-order valence-corrected chi connectivity index (χ1v) is 6.18. The highest BCUT2D eigenvalue weighted by Crippen LogP contribution is 2.21. The molecule has 0 aliphatic carbocycles. The van der Waals surface area contributed by atoms with Gasteiger partial charge in [0.05, 0.1) is 12.7 Å². The van der Waals surface area contributed by atoms with Gasteiger partial charge in [-0.25, -0.2) is 0 Å². The Bertz CT molecular complexity index is 245. The summed E-state index contributed by atoms with van der Waals surface area (Å²) in [4.78, 5) is 0. The second kappa shape index (κ2) is 9.13. The molecule has 0 aliphatic heterocycles. The molecule has 18 heavy (non-hydrogen) atoms. The van der Waals surface area contributed by atoms with Crippen molar-refractivity contribution in [2.45, 2.75) is 32.8 Å². The van der Waals surface area contributed by atoms with Gasteiger partial charge in [-0.05, 0) is 19.4 Å². The number of nitrogens with zero attached hydrogens (tertiary/aromatic N) is 1. The van der Waals surface area contributed by atoms with Crippen molar-refractivity contribution in [1.82, 2.24) is 5.32 Å². The van der Waals surface area contributed by atoms with Crippen LogP contribution in [-0.2, 0) is 9.47 Å². The van der Waals surface area contributed by atoms with Crippen molar-refractivity contribution in [2.24, 2.45) is 16.3 Å². The predicted octanol–water partition coefficient (Wildman–Crippen LogP) is 0.790. The lowest BCUT2D eigenvalue weighted by molar-refractivity contribution is 0.0290. The van der Waals surface area contributed by atoms with Gasteiger partial charge in [0.1, 0.15) is 5.84 Å². The Labute approximate surface area is 110 Å². The molecular formula is C12H27N3O3. The minimum Gasteiger partial charge on any atom is -0.409 e. The Morgan fingerprint density at radius 1 is 1.44 bits per heavy atom. The SMILES string of the molecule is COCC(CNCCCC(C)(C)C(N)=NO)OC. The van der Waals surface area contributed by atoms with Gasteiger partial charge in [-0.1, -0.05) is 19.0 Å². The van der Waals surface area contributed by atoms with E-state index in [1.165, 1.54) is 0 Å². The van der Waals surface area contributed by atoms with E-state index < -0.39 is 0 Å². The van der Waals surface area contributed by atoms with E-state index in [0.29, 0.717) is 6.61 Å². The fraction of sp³-hybridized carbons (Fsp3) is 0.917. The van der Waals surface area contributed by atoms with Crippen molar-refractivity contribution in [3.63, 3.8) is 0 Å². The van der Waals surface area contributed by atoms with Crippen LogP contribution in [0.1, 0.15) is 26.7 Å². The van der Waals surface area contributed by atoms with Crippen molar-refractivity contribution in [1.29, 1.82) is 0 Å². The summed E-state index contributed by atoms with van der Waals surface area (Å²) in [7, 11) is 3.33. The van der Waals surface area contributed by atoms with Gasteiger partial charge in [0.25, 0.3) is 0 Å². The molecule has 0 aliphatic rings. The summed E-state index contributed by atoms with van der Waals surface area (Å²) in [6, 6.07) is 0. The van der Waals surface area contributed by atoms with Gasteiger partial charge in [0.2, 0.25) is 0 Å². The largest absolute Gasteiger partial charge is 0.409 e. The number of hydrogen-bond acceptors (Lipinski definition) is 5. The Hall–Kier alpha value is -0.850. The molecule has 0 bridgehead atoms. The Morgan fingerprint density at radius 3 is 2.61 bits per heavy atom. The second-order valence-corrected chi connectivity index (χ2v) is 4.99. The zero-order valence-corrected chi connectivity index (χ0v) is 11.9. The average Bonchev–Trinajstić information content (AvgIpc) is 2.35. The van der Waals surface area contributed by atoms with Crippen LogP contribution in [0.5, 0.6) is 0 Å². The highest BCUT2D eigenvalue weighted by atomic mass is 16.5. The molecule has 0 aromatic carbocycles. The summed E-state index contributed by atoms with van der Waals surface area (Å²) in [5.41, 5.74) is 5.34. The van der Waals surface area contributed by atoms with Gasteiger partial charge in [-0.2, -0.15) is 0 Å². The van der Waals surface area contributed by atoms with Crippen molar-refractivity contribution in [2.75, 3.05) is 33.9 Å². The van der Waals surface area contributed by atoms with Crippen LogP contribution in [0.3, 0.4) is 0 Å². The van der Waals surface area contributed by atoms with Gasteiger partial charge in [0.15, 0.2) is 0 Å². The quantitative estimate of drug-likeness (QED) is 0.178. The van der Waals surface area contributed by atoms with E-state index in [4.69, 9.17) is 20.4 Å². The van der Waals surface area contributed by atoms with Crippen molar-refractivity contribution >= 4 is 5.84 Å². The molecule has 1 unspecified atom stereocenters. The van der Waals surface area contributed by atoms with E-state index in [-0.39, 0.29) is 17.4 Å². The summed E-state index contributed by atoms with van der Waals surface area (Å²) < 4.78 is 10.3. The molecule has 0 spiro atoms. The monoisotopic (exact) mass is 261 g/mol. The molecule has 0 heterocycles. The standard InChI is InChI=1S/C12H27N3O3/c1-12(2,11(13)15-16)6-5-7-14-8-10(18-4)9-17-3/h10,14,16H,5-9H2,1-4H3,(H2,13,15). The fourth-order valence-corrected chi connectivity index (χ4v) is 1.58. The molecule has 0 aromatic heterocycles. The summed E-state index contributed by atoms with van der Waals surface area (Å²) in [6.07, 6.45) is 1.89. The van der Waals surface area contributed by atoms with Crippen molar-refractivity contribution in [3.8, 4) is 0 Å². The van der Waals surface area contributed by atoms with Gasteiger partial charge in [-0.3, -0.25) is 0 Å². The maximum Gasteiger partial charge on any atom is 0.144 e. The highest BCUT2D eigenvalue weighted by Gasteiger charge is 2.22. The zero-order chi connectivity index (χ0) is 14.0. The van der Waals surface area contributed by atoms with Crippen LogP contribution >= 0.6 is 0 Å². The first-order chi connectivity index (χ1) is 8.47. The zero-order valence-electron chi connectivity index (χ0n) is 11.9. The van der Waals surface area contributed by atoms with Crippen LogP contribution in [0, 0.1) is 5.41 Å². The summed E-state index contributed by atoms with van der Waals surface area (Å²) >= 11 is 0. The van der Waals surface area contributed by atoms with E-state index in [0.717, 1.165) is 25.9 Å². The molecule has 1 atom stereocenters. The maximum absolute atomic E-state index is 8.65. The van der Waals surface area contributed by atoms with E-state index in [2.05, 4.69) is 10.5 Å². The summed E-state index contributed by atoms with van der Waals surface area (Å²) in [5.74, 6) is 0.275. The first-order valence-electron chi connectivity index (χ1n) is 6.18. The number of nitrogens with two attached hydrogens (primary N) is 1. The number of methoxy groups -OCH3 is 2. The first kappa shape index (κ1) is 17.2. The van der Waals surface area contributed by atoms with E-state index in [9.17, 15) is 0 Å². The number of amidine groups is 1. The van der Waals surface area contributed by atoms with Crippen LogP contribution < -0.4 is 11.1 Å². The van der Waals surface area contributed by atoms with Crippen LogP contribution in [-0.4, -0.2) is 51.1 Å². The molecule has 0 amide bonds. The van der Waals surface area contributed by atoms with Gasteiger partial charge in [0, 0.05) is 26.2 Å². The molecule has 0 saturated heterocycles. The minimum absolute atomic E-state index is 0.0760. The molecule has 108 valence electrons. The van der Waals surface area contributed by atoms with E-state index in [1.54, 1.807) is 14.2 Å². The second-order valence-electron chi connectivity index (χ2n) is 4.99. The number of oxime groups is 1. The van der Waals surface area contributed by atoms with Crippen LogP contribution in [0.2, 0.25) is 0 Å². The topological polar surface area (TPSA) is 89.1 Å². The number of nitrogens with one attached hydrogen (secondary N) is 1. The molecule has 0 radical (unpaired) electrons. The molecule has 0 saturated carbocycles. The van der Waals surface area contributed by atoms with Crippen LogP contribution in [0.15, 0.2) is 5.16 Å². The van der Waals surface area contributed by atoms with Crippen LogP contribution in [0.25, 0.3) is 0 Å². The lowest BCUT2D eigenvalue weighted by Crippen LogP contribution is -2.34. The molecular weight excluding hydrogens is 234 g/mol. The predicted molar refractivity (Wildman–Crippen MR) is 72.0 cm³/mol. The summed E-state index contributed by atoms with van der Waals surface area (Å²) in [6.45, 7) is 6.13. The number of ether oxygens (including phenoxy) is 2. The van der Waals surface area contributed by atoms with Crippen LogP contribution in [0.4, 0.5) is 0 Å². The Kier molecular flexibility index (Phi) is 8.70. The molecule has 6 heteroatoms. The fourth-order valence-electron chi connectivity index (χ4n) is 1.58. The third-order valence-electron chi connectivity index (χ3n) is 3.01. The molecule has 0 rings (SSSR count). The molecule has 0 fully saturated rings. The van der Waals surface area contributed by atoms with E-state index in [1.807, 2.05) is 13.8 Å².